The van der Waals surface area contributed by atoms with Crippen LogP contribution in [0.3, 0.4) is 0 Å². The summed E-state index contributed by atoms with van der Waals surface area (Å²) in [6, 6.07) is 10.7. The second kappa shape index (κ2) is 6.88. The predicted octanol–water partition coefficient (Wildman–Crippen LogP) is 2.93. The molecule has 1 amide bonds. The Morgan fingerprint density at radius 1 is 1.30 bits per heavy atom. The molecular weight excluding hydrogens is 346 g/mol. The van der Waals surface area contributed by atoms with Crippen molar-refractivity contribution in [3.63, 3.8) is 0 Å². The maximum atomic E-state index is 10.6. The number of aromatic nitrogens is 3. The molecule has 1 aliphatic heterocycles. The number of hydrogen-bond acceptors (Lipinski definition) is 6. The average Bonchev–Trinajstić information content (AvgIpc) is 2.94. The first kappa shape index (κ1) is 17.3. The molecule has 0 atom stereocenters. The Bertz CT molecular complexity index is 965. The third-order valence-corrected chi connectivity index (χ3v) is 4.69. The fourth-order valence-electron chi connectivity index (χ4n) is 2.90. The van der Waals surface area contributed by atoms with Gasteiger partial charge in [0.25, 0.3) is 0 Å². The van der Waals surface area contributed by atoms with Crippen LogP contribution in [0.4, 0.5) is 11.5 Å². The third-order valence-electron chi connectivity index (χ3n) is 4.69. The molecule has 27 heavy (non-hydrogen) atoms. The topological polar surface area (TPSA) is 89.8 Å². The van der Waals surface area contributed by atoms with Crippen LogP contribution in [-0.4, -0.2) is 39.8 Å². The van der Waals surface area contributed by atoms with Gasteiger partial charge in [0, 0.05) is 29.3 Å². The first-order chi connectivity index (χ1) is 13.0. The highest BCUT2D eigenvalue weighted by molar-refractivity contribution is 5.71. The van der Waals surface area contributed by atoms with E-state index in [4.69, 9.17) is 9.47 Å². The maximum Gasteiger partial charge on any atom is 0.237 e. The Kier molecular flexibility index (Phi) is 4.41. The number of hydrogen-bond donors (Lipinski definition) is 2. The second-order valence-corrected chi connectivity index (χ2v) is 7.07. The summed E-state index contributed by atoms with van der Waals surface area (Å²) < 4.78 is 12.8. The van der Waals surface area contributed by atoms with Gasteiger partial charge >= 0.3 is 0 Å². The highest BCUT2D eigenvalue weighted by Gasteiger charge is 2.35. The Balaban J connectivity index is 1.52. The first-order valence-corrected chi connectivity index (χ1v) is 8.74. The summed E-state index contributed by atoms with van der Waals surface area (Å²) in [4.78, 5) is 15.1. The molecule has 1 fully saturated rings. The highest BCUT2D eigenvalue weighted by Crippen LogP contribution is 2.28. The molecule has 0 saturated carbocycles. The molecule has 2 N–H and O–H groups in total. The SMILES string of the molecule is CC(C)(Nc1cn2nc(Oc3cccc(NC=O)c3)ccc2n1)C1COC1. The van der Waals surface area contributed by atoms with Crippen LogP contribution in [0, 0.1) is 5.92 Å². The monoisotopic (exact) mass is 367 g/mol. The first-order valence-electron chi connectivity index (χ1n) is 8.74. The van der Waals surface area contributed by atoms with Crippen molar-refractivity contribution in [2.45, 2.75) is 19.4 Å². The van der Waals surface area contributed by atoms with E-state index in [9.17, 15) is 4.79 Å². The van der Waals surface area contributed by atoms with Crippen LogP contribution < -0.4 is 15.4 Å². The van der Waals surface area contributed by atoms with E-state index in [1.807, 2.05) is 12.3 Å². The largest absolute Gasteiger partial charge is 0.438 e. The molecule has 2 aromatic heterocycles. The van der Waals surface area contributed by atoms with Crippen LogP contribution >= 0.6 is 0 Å². The van der Waals surface area contributed by atoms with Crippen molar-refractivity contribution in [3.05, 3.63) is 42.6 Å². The Morgan fingerprint density at radius 2 is 2.15 bits per heavy atom. The molecule has 3 aromatic rings. The number of ether oxygens (including phenoxy) is 2. The number of anilines is 2. The van der Waals surface area contributed by atoms with Gasteiger partial charge in [-0.2, -0.15) is 0 Å². The zero-order valence-corrected chi connectivity index (χ0v) is 15.2. The molecule has 8 heteroatoms. The zero-order valence-electron chi connectivity index (χ0n) is 15.2. The summed E-state index contributed by atoms with van der Waals surface area (Å²) >= 11 is 0. The van der Waals surface area contributed by atoms with E-state index in [2.05, 4.69) is 34.6 Å². The van der Waals surface area contributed by atoms with Gasteiger partial charge in [0.15, 0.2) is 5.65 Å². The van der Waals surface area contributed by atoms with Gasteiger partial charge < -0.3 is 20.1 Å². The molecule has 3 heterocycles. The van der Waals surface area contributed by atoms with Crippen LogP contribution in [0.15, 0.2) is 42.6 Å². The van der Waals surface area contributed by atoms with Crippen LogP contribution in [0.1, 0.15) is 13.8 Å². The lowest BCUT2D eigenvalue weighted by Crippen LogP contribution is -2.49. The fourth-order valence-corrected chi connectivity index (χ4v) is 2.90. The number of carbonyl (C=O) groups is 1. The maximum absolute atomic E-state index is 10.6. The predicted molar refractivity (Wildman–Crippen MR) is 101 cm³/mol. The molecule has 1 aromatic carbocycles. The van der Waals surface area contributed by atoms with Crippen LogP contribution in [0.2, 0.25) is 0 Å². The number of benzene rings is 1. The number of carbonyl (C=O) groups excluding carboxylic acids is 1. The minimum atomic E-state index is -0.110. The minimum Gasteiger partial charge on any atom is -0.438 e. The Labute approximate surface area is 156 Å². The summed E-state index contributed by atoms with van der Waals surface area (Å²) in [5, 5.41) is 10.5. The molecule has 0 unspecified atom stereocenters. The number of fused-ring (bicyclic) bond motifs is 1. The van der Waals surface area contributed by atoms with E-state index in [0.717, 1.165) is 24.7 Å². The van der Waals surface area contributed by atoms with Gasteiger partial charge in [-0.1, -0.05) is 6.07 Å². The van der Waals surface area contributed by atoms with E-state index in [1.165, 1.54) is 0 Å². The lowest BCUT2D eigenvalue weighted by Gasteiger charge is -2.40. The summed E-state index contributed by atoms with van der Waals surface area (Å²) in [6.45, 7) is 5.82. The summed E-state index contributed by atoms with van der Waals surface area (Å²) in [6.07, 6.45) is 2.47. The van der Waals surface area contributed by atoms with E-state index in [0.29, 0.717) is 29.6 Å². The molecule has 0 spiro atoms. The Hall–Kier alpha value is -3.13. The summed E-state index contributed by atoms with van der Waals surface area (Å²) in [5.74, 6) is 2.23. The minimum absolute atomic E-state index is 0.110. The van der Waals surface area contributed by atoms with Gasteiger partial charge in [0.2, 0.25) is 12.3 Å². The number of rotatable bonds is 7. The molecule has 8 nitrogen and oxygen atoms in total. The van der Waals surface area contributed by atoms with Crippen molar-refractivity contribution in [3.8, 4) is 11.6 Å². The molecular formula is C19H21N5O3. The number of nitrogens with one attached hydrogen (secondary N) is 2. The summed E-state index contributed by atoms with van der Waals surface area (Å²) in [5.41, 5.74) is 1.27. The van der Waals surface area contributed by atoms with E-state index < -0.39 is 0 Å². The molecule has 0 aliphatic carbocycles. The third kappa shape index (κ3) is 3.70. The van der Waals surface area contributed by atoms with Crippen molar-refractivity contribution in [1.29, 1.82) is 0 Å². The normalized spacial score (nSPS) is 14.6. The van der Waals surface area contributed by atoms with Crippen molar-refractivity contribution in [2.24, 2.45) is 5.92 Å². The molecule has 0 radical (unpaired) electrons. The molecule has 4 rings (SSSR count). The van der Waals surface area contributed by atoms with Gasteiger partial charge in [-0.25, -0.2) is 9.50 Å². The van der Waals surface area contributed by atoms with Crippen molar-refractivity contribution in [2.75, 3.05) is 23.8 Å². The van der Waals surface area contributed by atoms with Gasteiger partial charge in [0.05, 0.1) is 19.4 Å². The second-order valence-electron chi connectivity index (χ2n) is 7.07. The van der Waals surface area contributed by atoms with Crippen molar-refractivity contribution >= 4 is 23.6 Å². The molecule has 140 valence electrons. The lowest BCUT2D eigenvalue weighted by molar-refractivity contribution is -0.105. The number of imidazole rings is 1. The molecule has 0 bridgehead atoms. The van der Waals surface area contributed by atoms with Gasteiger partial charge in [0.1, 0.15) is 11.6 Å². The lowest BCUT2D eigenvalue weighted by atomic mass is 9.86. The van der Waals surface area contributed by atoms with Crippen molar-refractivity contribution in [1.82, 2.24) is 14.6 Å². The Morgan fingerprint density at radius 3 is 2.89 bits per heavy atom. The highest BCUT2D eigenvalue weighted by atomic mass is 16.5. The van der Waals surface area contributed by atoms with E-state index >= 15 is 0 Å². The van der Waals surface area contributed by atoms with Gasteiger partial charge in [-0.3, -0.25) is 4.79 Å². The van der Waals surface area contributed by atoms with Gasteiger partial charge in [-0.15, -0.1) is 5.10 Å². The van der Waals surface area contributed by atoms with Gasteiger partial charge in [-0.05, 0) is 32.0 Å². The standard InChI is InChI=1S/C19H21N5O3/c1-19(2,13-10-26-11-13)22-16-9-24-17(21-16)6-7-18(23-24)27-15-5-3-4-14(8-15)20-12-25/h3-9,12-13,22H,10-11H2,1-2H3,(H,20,25). The molecule has 1 saturated heterocycles. The summed E-state index contributed by atoms with van der Waals surface area (Å²) in [7, 11) is 0. The molecule has 1 aliphatic rings. The quantitative estimate of drug-likeness (QED) is 0.624. The van der Waals surface area contributed by atoms with E-state index in [1.54, 1.807) is 34.8 Å². The smallest absolute Gasteiger partial charge is 0.237 e. The number of nitrogens with zero attached hydrogens (tertiary/aromatic N) is 3. The average molecular weight is 367 g/mol. The van der Waals surface area contributed by atoms with Crippen LogP contribution in [-0.2, 0) is 9.53 Å². The van der Waals surface area contributed by atoms with Crippen molar-refractivity contribution < 1.29 is 14.3 Å². The fraction of sp³-hybridized carbons (Fsp3) is 0.316. The number of amides is 1. The van der Waals surface area contributed by atoms with Crippen LogP contribution in [0.25, 0.3) is 5.65 Å². The zero-order chi connectivity index (χ0) is 18.9. The van der Waals surface area contributed by atoms with Crippen LogP contribution in [0.5, 0.6) is 11.6 Å². The van der Waals surface area contributed by atoms with E-state index in [-0.39, 0.29) is 5.54 Å².